The predicted octanol–water partition coefficient (Wildman–Crippen LogP) is 6.76. The molecule has 5 aromatic rings. The molecule has 3 aromatic carbocycles. The van der Waals surface area contributed by atoms with Gasteiger partial charge in [0.1, 0.15) is 17.1 Å². The lowest BCUT2D eigenvalue weighted by atomic mass is 10.0. The van der Waals surface area contributed by atoms with E-state index in [-0.39, 0.29) is 57.0 Å². The van der Waals surface area contributed by atoms with Gasteiger partial charge < -0.3 is 30.3 Å². The number of rotatable bonds is 13. The van der Waals surface area contributed by atoms with Gasteiger partial charge in [0.05, 0.1) is 47.7 Å². The van der Waals surface area contributed by atoms with Gasteiger partial charge in [-0.1, -0.05) is 60.1 Å². The smallest absolute Gasteiger partial charge is 0.260 e. The van der Waals surface area contributed by atoms with Crippen molar-refractivity contribution in [1.82, 2.24) is 19.4 Å². The number of carbonyl (C=O) groups excluding carboxylic acids is 2. The summed E-state index contributed by atoms with van der Waals surface area (Å²) >= 11 is 13.5. The fourth-order valence-electron chi connectivity index (χ4n) is 5.10. The summed E-state index contributed by atoms with van der Waals surface area (Å²) in [5.74, 6) is 0.0684. The number of benzene rings is 3. The SMILES string of the molecule is C=CC(=O)Nc1ccc(Cn2c(=O)c(-c3c(Cl)c(OC)cc(OC)c3Cl)cc3cnc(Nc4ccccc4NC(=O)/C=C/CN(C)C)nc32)cc1. The normalized spacial score (nSPS) is 11.1. The fourth-order valence-corrected chi connectivity index (χ4v) is 5.81. The predicted molar refractivity (Wildman–Crippen MR) is 203 cm³/mol. The van der Waals surface area contributed by atoms with Gasteiger partial charge in [-0.15, -0.1) is 0 Å². The van der Waals surface area contributed by atoms with Gasteiger partial charge in [0.15, 0.2) is 0 Å². The zero-order valence-corrected chi connectivity index (χ0v) is 29.8. The molecule has 0 aliphatic carbocycles. The Morgan fingerprint density at radius 1 is 0.941 bits per heavy atom. The fraction of sp³-hybridized carbons (Fsp3) is 0.162. The number of methoxy groups -OCH3 is 2. The van der Waals surface area contributed by atoms with Gasteiger partial charge >= 0.3 is 0 Å². The van der Waals surface area contributed by atoms with Gasteiger partial charge in [0, 0.05) is 41.5 Å². The summed E-state index contributed by atoms with van der Waals surface area (Å²) < 4.78 is 12.4. The molecule has 0 saturated carbocycles. The Bertz CT molecular complexity index is 2170. The second-order valence-electron chi connectivity index (χ2n) is 11.4. The van der Waals surface area contributed by atoms with Crippen molar-refractivity contribution < 1.29 is 19.1 Å². The number of halogens is 2. The van der Waals surface area contributed by atoms with Crippen molar-refractivity contribution in [3.63, 3.8) is 0 Å². The molecular formula is C37H35Cl2N7O5. The van der Waals surface area contributed by atoms with E-state index in [4.69, 9.17) is 37.7 Å². The molecule has 0 radical (unpaired) electrons. The van der Waals surface area contributed by atoms with Crippen LogP contribution in [0.15, 0.2) is 96.5 Å². The van der Waals surface area contributed by atoms with E-state index in [1.807, 2.05) is 19.0 Å². The third-order valence-electron chi connectivity index (χ3n) is 7.59. The minimum atomic E-state index is -0.451. The van der Waals surface area contributed by atoms with E-state index >= 15 is 0 Å². The average Bonchev–Trinajstić information content (AvgIpc) is 3.11. The van der Waals surface area contributed by atoms with Gasteiger partial charge in [0.25, 0.3) is 5.56 Å². The van der Waals surface area contributed by atoms with E-state index in [1.54, 1.807) is 72.9 Å². The van der Waals surface area contributed by atoms with Crippen LogP contribution in [0.5, 0.6) is 11.5 Å². The Labute approximate surface area is 304 Å². The van der Waals surface area contributed by atoms with Crippen LogP contribution in [0.4, 0.5) is 23.0 Å². The molecule has 0 unspecified atom stereocenters. The van der Waals surface area contributed by atoms with Crippen molar-refractivity contribution >= 4 is 69.1 Å². The Balaban J connectivity index is 1.61. The van der Waals surface area contributed by atoms with Crippen molar-refractivity contribution in [2.45, 2.75) is 6.54 Å². The average molecular weight is 729 g/mol. The summed E-state index contributed by atoms with van der Waals surface area (Å²) in [7, 11) is 6.72. The van der Waals surface area contributed by atoms with Gasteiger partial charge in [-0.3, -0.25) is 19.0 Å². The highest BCUT2D eigenvalue weighted by atomic mass is 35.5. The zero-order chi connectivity index (χ0) is 36.7. The van der Waals surface area contributed by atoms with E-state index in [1.165, 1.54) is 30.9 Å². The van der Waals surface area contributed by atoms with E-state index in [0.29, 0.717) is 34.6 Å². The highest BCUT2D eigenvalue weighted by molar-refractivity contribution is 6.41. The number of carbonyl (C=O) groups is 2. The summed E-state index contributed by atoms with van der Waals surface area (Å²) in [4.78, 5) is 50.1. The van der Waals surface area contributed by atoms with Crippen LogP contribution in [0.1, 0.15) is 5.56 Å². The van der Waals surface area contributed by atoms with Crippen molar-refractivity contribution in [3.05, 3.63) is 118 Å². The molecule has 14 heteroatoms. The second kappa shape index (κ2) is 16.3. The standard InChI is InChI=1S/C37H35Cl2N7O5/c1-6-30(47)41-24-15-13-22(14-16-24)21-46-35-23(18-25(36(46)49)32-33(38)28(50-4)19-29(51-5)34(32)39)20-40-37(44-35)43-27-11-8-7-10-26(27)42-31(48)12-9-17-45(2)3/h6-16,18-20H,1,17,21H2,2-5H3,(H,41,47)(H,42,48)(H,40,43,44)/b12-9+. The maximum atomic E-state index is 14.5. The number of amides is 2. The van der Waals surface area contributed by atoms with Crippen molar-refractivity contribution in [1.29, 1.82) is 0 Å². The van der Waals surface area contributed by atoms with E-state index in [2.05, 4.69) is 27.5 Å². The molecule has 12 nitrogen and oxygen atoms in total. The third-order valence-corrected chi connectivity index (χ3v) is 8.34. The molecule has 5 rings (SSSR count). The van der Waals surface area contributed by atoms with E-state index in [0.717, 1.165) is 5.56 Å². The molecule has 0 fully saturated rings. The topological polar surface area (TPSA) is 140 Å². The summed E-state index contributed by atoms with van der Waals surface area (Å²) in [5, 5.41) is 9.52. The minimum absolute atomic E-state index is 0.0809. The van der Waals surface area contributed by atoms with E-state index in [9.17, 15) is 14.4 Å². The zero-order valence-electron chi connectivity index (χ0n) is 28.3. The lowest BCUT2D eigenvalue weighted by Crippen LogP contribution is -2.24. The highest BCUT2D eigenvalue weighted by Crippen LogP contribution is 2.45. The molecule has 3 N–H and O–H groups in total. The van der Waals surface area contributed by atoms with Gasteiger partial charge in [-0.05, 0) is 56.1 Å². The molecule has 0 spiro atoms. The molecule has 51 heavy (non-hydrogen) atoms. The molecule has 0 saturated heterocycles. The number of fused-ring (bicyclic) bond motifs is 1. The summed E-state index contributed by atoms with van der Waals surface area (Å²) in [6.07, 6.45) is 5.98. The monoisotopic (exact) mass is 727 g/mol. The summed E-state index contributed by atoms with van der Waals surface area (Å²) in [5.41, 5.74) is 2.59. The lowest BCUT2D eigenvalue weighted by molar-refractivity contribution is -0.112. The number of ether oxygens (including phenoxy) is 2. The number of anilines is 4. The number of hydrogen-bond acceptors (Lipinski definition) is 9. The van der Waals surface area contributed by atoms with Gasteiger partial charge in [0.2, 0.25) is 17.8 Å². The molecule has 2 amide bonds. The maximum Gasteiger partial charge on any atom is 0.260 e. The van der Waals surface area contributed by atoms with Crippen molar-refractivity contribution in [2.75, 3.05) is 50.8 Å². The van der Waals surface area contributed by atoms with Crippen LogP contribution >= 0.6 is 23.2 Å². The molecule has 2 aromatic heterocycles. The molecule has 0 aliphatic rings. The number of para-hydroxylation sites is 2. The molecule has 0 atom stereocenters. The molecule has 0 aliphatic heterocycles. The van der Waals surface area contributed by atoms with Crippen LogP contribution in [0.2, 0.25) is 10.0 Å². The first-order valence-electron chi connectivity index (χ1n) is 15.5. The van der Waals surface area contributed by atoms with Crippen LogP contribution in [0.25, 0.3) is 22.2 Å². The third kappa shape index (κ3) is 8.55. The Kier molecular flexibility index (Phi) is 11.7. The molecular weight excluding hydrogens is 693 g/mol. The number of aromatic nitrogens is 3. The molecule has 262 valence electrons. The van der Waals surface area contributed by atoms with Crippen LogP contribution in [0, 0.1) is 0 Å². The van der Waals surface area contributed by atoms with Crippen LogP contribution in [-0.4, -0.2) is 66.1 Å². The van der Waals surface area contributed by atoms with E-state index < -0.39 is 5.56 Å². The quantitative estimate of drug-likeness (QED) is 0.112. The van der Waals surface area contributed by atoms with Crippen molar-refractivity contribution in [2.24, 2.45) is 0 Å². The number of pyridine rings is 1. The Morgan fingerprint density at radius 2 is 1.61 bits per heavy atom. The molecule has 0 bridgehead atoms. The number of nitrogens with zero attached hydrogens (tertiary/aromatic N) is 4. The Morgan fingerprint density at radius 3 is 2.24 bits per heavy atom. The van der Waals surface area contributed by atoms with Crippen LogP contribution in [0.3, 0.4) is 0 Å². The lowest BCUT2D eigenvalue weighted by Gasteiger charge is -2.18. The first-order valence-corrected chi connectivity index (χ1v) is 16.3. The summed E-state index contributed by atoms with van der Waals surface area (Å²) in [6.45, 7) is 4.17. The first-order chi connectivity index (χ1) is 24.5. The Hall–Kier alpha value is -5.69. The van der Waals surface area contributed by atoms with Gasteiger partial charge in [-0.2, -0.15) is 4.98 Å². The van der Waals surface area contributed by atoms with Crippen molar-refractivity contribution in [3.8, 4) is 22.6 Å². The maximum absolute atomic E-state index is 14.5. The summed E-state index contributed by atoms with van der Waals surface area (Å²) in [6, 6.07) is 17.3. The second-order valence-corrected chi connectivity index (χ2v) is 12.2. The first kappa shape index (κ1) is 36.6. The number of hydrogen-bond donors (Lipinski definition) is 3. The van der Waals surface area contributed by atoms with Crippen LogP contribution in [-0.2, 0) is 16.1 Å². The largest absolute Gasteiger partial charge is 0.495 e. The molecule has 2 heterocycles. The highest BCUT2D eigenvalue weighted by Gasteiger charge is 2.23. The van der Waals surface area contributed by atoms with Gasteiger partial charge in [-0.25, -0.2) is 4.98 Å². The minimum Gasteiger partial charge on any atom is -0.495 e. The number of likely N-dealkylation sites (N-methyl/N-ethyl adjacent to an activating group) is 1. The number of nitrogens with one attached hydrogen (secondary N) is 3. The van der Waals surface area contributed by atoms with Crippen LogP contribution < -0.4 is 31.0 Å².